The van der Waals surface area contributed by atoms with Gasteiger partial charge in [0.05, 0.1) is 5.69 Å². The third-order valence-electron chi connectivity index (χ3n) is 6.44. The van der Waals surface area contributed by atoms with Crippen LogP contribution in [-0.2, 0) is 11.2 Å². The molecule has 1 aliphatic rings. The maximum absolute atomic E-state index is 14.0. The summed E-state index contributed by atoms with van der Waals surface area (Å²) in [6, 6.07) is 17.9. The first kappa shape index (κ1) is 21.9. The van der Waals surface area contributed by atoms with E-state index < -0.39 is 0 Å². The number of para-hydroxylation sites is 2. The Bertz CT molecular complexity index is 1330. The van der Waals surface area contributed by atoms with Gasteiger partial charge in [-0.05, 0) is 72.1 Å². The number of aryl methyl sites for hydroxylation is 1. The van der Waals surface area contributed by atoms with Crippen molar-refractivity contribution >= 4 is 22.5 Å². The molecule has 174 valence electrons. The zero-order valence-electron chi connectivity index (χ0n) is 18.6. The van der Waals surface area contributed by atoms with E-state index in [1.165, 1.54) is 24.3 Å². The number of piperazine rings is 1. The van der Waals surface area contributed by atoms with Crippen molar-refractivity contribution in [3.63, 3.8) is 0 Å². The highest BCUT2D eigenvalue weighted by molar-refractivity contribution is 5.91. The summed E-state index contributed by atoms with van der Waals surface area (Å²) < 4.78 is 27.5. The van der Waals surface area contributed by atoms with Crippen LogP contribution in [0.15, 0.2) is 66.7 Å². The number of nitrogens with zero attached hydrogens (tertiary/aromatic N) is 2. The lowest BCUT2D eigenvalue weighted by Gasteiger charge is -2.36. The molecule has 3 aromatic carbocycles. The Morgan fingerprint density at radius 1 is 0.912 bits per heavy atom. The highest BCUT2D eigenvalue weighted by Crippen LogP contribution is 2.32. The van der Waals surface area contributed by atoms with Crippen molar-refractivity contribution in [2.45, 2.75) is 12.8 Å². The molecule has 34 heavy (non-hydrogen) atoms. The van der Waals surface area contributed by atoms with Gasteiger partial charge in [-0.2, -0.15) is 0 Å². The number of carbonyl (C=O) groups is 1. The van der Waals surface area contributed by atoms with Gasteiger partial charge in [-0.15, -0.1) is 0 Å². The van der Waals surface area contributed by atoms with Gasteiger partial charge in [0.2, 0.25) is 5.91 Å². The molecule has 7 heteroatoms. The average Bonchev–Trinajstić information content (AvgIpc) is 3.21. The van der Waals surface area contributed by atoms with Crippen LogP contribution in [0.2, 0.25) is 0 Å². The number of aromatic nitrogens is 1. The van der Waals surface area contributed by atoms with E-state index in [9.17, 15) is 18.7 Å². The van der Waals surface area contributed by atoms with E-state index in [4.69, 9.17) is 0 Å². The van der Waals surface area contributed by atoms with Crippen LogP contribution in [0, 0.1) is 11.6 Å². The van der Waals surface area contributed by atoms with Crippen LogP contribution in [0.25, 0.3) is 22.2 Å². The number of hydrogen-bond donors (Lipinski definition) is 2. The van der Waals surface area contributed by atoms with Crippen LogP contribution in [0.5, 0.6) is 5.75 Å². The van der Waals surface area contributed by atoms with Gasteiger partial charge in [0.15, 0.2) is 0 Å². The zero-order valence-corrected chi connectivity index (χ0v) is 18.6. The number of carbonyl (C=O) groups excluding carboxylic acids is 1. The Morgan fingerprint density at radius 3 is 2.35 bits per heavy atom. The number of aromatic hydroxyl groups is 1. The third kappa shape index (κ3) is 4.33. The van der Waals surface area contributed by atoms with Crippen LogP contribution in [0.1, 0.15) is 12.0 Å². The van der Waals surface area contributed by atoms with Crippen molar-refractivity contribution in [2.24, 2.45) is 0 Å². The van der Waals surface area contributed by atoms with Crippen LogP contribution in [0.3, 0.4) is 0 Å². The molecule has 1 aromatic heterocycles. The maximum Gasteiger partial charge on any atom is 0.223 e. The number of halogens is 2. The Kier molecular flexibility index (Phi) is 5.92. The molecule has 0 spiro atoms. The number of amides is 1. The Balaban J connectivity index is 1.31. The predicted octanol–water partition coefficient (Wildman–Crippen LogP) is 5.10. The van der Waals surface area contributed by atoms with Crippen LogP contribution < -0.4 is 4.90 Å². The largest absolute Gasteiger partial charge is 0.506 e. The summed E-state index contributed by atoms with van der Waals surface area (Å²) in [5.74, 6) is -0.398. The van der Waals surface area contributed by atoms with Gasteiger partial charge < -0.3 is 19.9 Å². The molecule has 5 nitrogen and oxygen atoms in total. The van der Waals surface area contributed by atoms with E-state index in [1.807, 2.05) is 17.0 Å². The average molecular weight is 462 g/mol. The summed E-state index contributed by atoms with van der Waals surface area (Å²) in [7, 11) is 0. The monoisotopic (exact) mass is 461 g/mol. The number of rotatable bonds is 5. The first-order valence-corrected chi connectivity index (χ1v) is 11.4. The second-order valence-corrected chi connectivity index (χ2v) is 8.53. The predicted molar refractivity (Wildman–Crippen MR) is 129 cm³/mol. The first-order chi connectivity index (χ1) is 16.5. The lowest BCUT2D eigenvalue weighted by molar-refractivity contribution is -0.131. The van der Waals surface area contributed by atoms with Crippen molar-refractivity contribution in [1.29, 1.82) is 0 Å². The quantitative estimate of drug-likeness (QED) is 0.435. The van der Waals surface area contributed by atoms with Crippen molar-refractivity contribution in [1.82, 2.24) is 9.88 Å². The number of aromatic amines is 1. The number of nitrogens with one attached hydrogen (secondary N) is 1. The Morgan fingerprint density at radius 2 is 1.62 bits per heavy atom. The van der Waals surface area contributed by atoms with E-state index in [-0.39, 0.29) is 29.7 Å². The van der Waals surface area contributed by atoms with Crippen molar-refractivity contribution in [3.05, 3.63) is 83.9 Å². The molecule has 1 fully saturated rings. The molecule has 1 aliphatic heterocycles. The van der Waals surface area contributed by atoms with Gasteiger partial charge in [0, 0.05) is 49.2 Å². The molecule has 5 rings (SSSR count). The zero-order chi connectivity index (χ0) is 23.7. The molecule has 2 heterocycles. The minimum Gasteiger partial charge on any atom is -0.506 e. The summed E-state index contributed by atoms with van der Waals surface area (Å²) >= 11 is 0. The van der Waals surface area contributed by atoms with E-state index >= 15 is 0 Å². The lowest BCUT2D eigenvalue weighted by Crippen LogP contribution is -2.48. The molecular formula is C27H25F2N3O2. The molecule has 4 aromatic rings. The van der Waals surface area contributed by atoms with E-state index in [2.05, 4.69) is 9.88 Å². The van der Waals surface area contributed by atoms with Gasteiger partial charge in [-0.25, -0.2) is 8.78 Å². The van der Waals surface area contributed by atoms with Crippen LogP contribution in [-0.4, -0.2) is 47.1 Å². The summed E-state index contributed by atoms with van der Waals surface area (Å²) in [6.45, 7) is 2.42. The molecule has 0 radical (unpaired) electrons. The SMILES string of the molecule is O=C(CCc1c(-c2ccc(F)cc2)[nH]c2ccc(F)cc12)N1CCN(c2ccccc2O)CC1. The first-order valence-electron chi connectivity index (χ1n) is 11.4. The molecule has 2 N–H and O–H groups in total. The summed E-state index contributed by atoms with van der Waals surface area (Å²) in [6.07, 6.45) is 0.725. The van der Waals surface area contributed by atoms with Gasteiger partial charge in [-0.1, -0.05) is 12.1 Å². The number of phenols is 1. The number of phenolic OH excluding ortho intramolecular Hbond substituents is 1. The standard InChI is InChI=1S/C27H25F2N3O2/c28-19-7-5-18(6-8-19)27-21(22-17-20(29)9-11-23(22)30-27)10-12-26(34)32-15-13-31(14-16-32)24-3-1-2-4-25(24)33/h1-9,11,17,30,33H,10,12-16H2. The highest BCUT2D eigenvalue weighted by Gasteiger charge is 2.23. The Labute approximate surface area is 196 Å². The van der Waals surface area contributed by atoms with E-state index in [1.54, 1.807) is 30.3 Å². The molecule has 0 saturated carbocycles. The van der Waals surface area contributed by atoms with Gasteiger partial charge in [0.1, 0.15) is 17.4 Å². The van der Waals surface area contributed by atoms with E-state index in [0.29, 0.717) is 32.6 Å². The van der Waals surface area contributed by atoms with Gasteiger partial charge in [-0.3, -0.25) is 4.79 Å². The minimum atomic E-state index is -0.343. The number of H-pyrrole nitrogens is 1. The van der Waals surface area contributed by atoms with Gasteiger partial charge in [0.25, 0.3) is 0 Å². The maximum atomic E-state index is 14.0. The highest BCUT2D eigenvalue weighted by atomic mass is 19.1. The summed E-state index contributed by atoms with van der Waals surface area (Å²) in [5, 5.41) is 10.8. The molecule has 0 atom stereocenters. The fourth-order valence-electron chi connectivity index (χ4n) is 4.66. The van der Waals surface area contributed by atoms with Gasteiger partial charge >= 0.3 is 0 Å². The second kappa shape index (κ2) is 9.17. The molecule has 0 bridgehead atoms. The lowest BCUT2D eigenvalue weighted by atomic mass is 10.0. The molecule has 0 aliphatic carbocycles. The number of anilines is 1. The fraction of sp³-hybridized carbons (Fsp3) is 0.222. The number of benzene rings is 3. The van der Waals surface area contributed by atoms with Crippen LogP contribution >= 0.6 is 0 Å². The Hall–Kier alpha value is -3.87. The van der Waals surface area contributed by atoms with Crippen molar-refractivity contribution < 1.29 is 18.7 Å². The molecule has 0 unspecified atom stereocenters. The van der Waals surface area contributed by atoms with Crippen molar-refractivity contribution in [2.75, 3.05) is 31.1 Å². The third-order valence-corrected chi connectivity index (χ3v) is 6.44. The van der Waals surface area contributed by atoms with E-state index in [0.717, 1.165) is 33.4 Å². The summed E-state index contributed by atoms with van der Waals surface area (Å²) in [5.41, 5.74) is 3.97. The number of fused-ring (bicyclic) bond motifs is 1. The topological polar surface area (TPSA) is 59.6 Å². The summed E-state index contributed by atoms with van der Waals surface area (Å²) in [4.78, 5) is 20.3. The van der Waals surface area contributed by atoms with Crippen LogP contribution in [0.4, 0.5) is 14.5 Å². The second-order valence-electron chi connectivity index (χ2n) is 8.53. The fourth-order valence-corrected chi connectivity index (χ4v) is 4.66. The van der Waals surface area contributed by atoms with Crippen molar-refractivity contribution in [3.8, 4) is 17.0 Å². The minimum absolute atomic E-state index is 0.0349. The normalized spacial score (nSPS) is 14.1. The molecular weight excluding hydrogens is 436 g/mol. The molecule has 1 saturated heterocycles. The number of hydrogen-bond acceptors (Lipinski definition) is 3. The molecule has 1 amide bonds. The smallest absolute Gasteiger partial charge is 0.223 e.